The van der Waals surface area contributed by atoms with Gasteiger partial charge in [0.05, 0.1) is 5.92 Å². The standard InChI is InChI=1S/C23H26FN3O3/c24-20-8-4-5-9-21(20)30-17-22(28)27-15-19(16-27)23(29)26-12-10-25(11-13-26)14-18-6-2-1-3-7-18/h1-9,19H,10-17H2. The Balaban J connectivity index is 1.17. The minimum absolute atomic E-state index is 0.0624. The molecule has 0 aromatic heterocycles. The fourth-order valence-corrected chi connectivity index (χ4v) is 3.86. The molecule has 6 nitrogen and oxygen atoms in total. The summed E-state index contributed by atoms with van der Waals surface area (Å²) < 4.78 is 18.8. The number of halogens is 1. The smallest absolute Gasteiger partial charge is 0.260 e. The summed E-state index contributed by atoms with van der Waals surface area (Å²) in [7, 11) is 0. The average molecular weight is 411 g/mol. The highest BCUT2D eigenvalue weighted by Gasteiger charge is 2.38. The van der Waals surface area contributed by atoms with E-state index < -0.39 is 5.82 Å². The quantitative estimate of drug-likeness (QED) is 0.730. The number of carbonyl (C=O) groups is 2. The van der Waals surface area contributed by atoms with E-state index in [1.165, 1.54) is 17.7 Å². The number of amides is 2. The van der Waals surface area contributed by atoms with Gasteiger partial charge in [-0.3, -0.25) is 14.5 Å². The first-order valence-corrected chi connectivity index (χ1v) is 10.3. The summed E-state index contributed by atoms with van der Waals surface area (Å²) in [5.74, 6) is -0.688. The molecule has 2 aliphatic heterocycles. The van der Waals surface area contributed by atoms with Crippen LogP contribution in [0.1, 0.15) is 5.56 Å². The van der Waals surface area contributed by atoms with Crippen LogP contribution in [0.4, 0.5) is 4.39 Å². The minimum Gasteiger partial charge on any atom is -0.481 e. The van der Waals surface area contributed by atoms with Gasteiger partial charge in [0.2, 0.25) is 5.91 Å². The molecule has 0 aliphatic carbocycles. The van der Waals surface area contributed by atoms with E-state index >= 15 is 0 Å². The molecule has 0 bridgehead atoms. The SMILES string of the molecule is O=C(COc1ccccc1F)N1CC(C(=O)N2CCN(Cc3ccccc3)CC2)C1. The monoisotopic (exact) mass is 411 g/mol. The van der Waals surface area contributed by atoms with Crippen LogP contribution in [0, 0.1) is 11.7 Å². The summed E-state index contributed by atoms with van der Waals surface area (Å²) in [5.41, 5.74) is 1.28. The van der Waals surface area contributed by atoms with Crippen molar-refractivity contribution in [3.63, 3.8) is 0 Å². The van der Waals surface area contributed by atoms with Gasteiger partial charge in [0.1, 0.15) is 0 Å². The van der Waals surface area contributed by atoms with E-state index in [1.54, 1.807) is 17.0 Å². The van der Waals surface area contributed by atoms with E-state index in [4.69, 9.17) is 4.74 Å². The van der Waals surface area contributed by atoms with Gasteiger partial charge in [0.15, 0.2) is 18.2 Å². The van der Waals surface area contributed by atoms with E-state index in [2.05, 4.69) is 17.0 Å². The van der Waals surface area contributed by atoms with Crippen molar-refractivity contribution in [2.45, 2.75) is 6.54 Å². The Morgan fingerprint density at radius 1 is 0.900 bits per heavy atom. The number of piperazine rings is 1. The lowest BCUT2D eigenvalue weighted by Gasteiger charge is -2.42. The number of carbonyl (C=O) groups excluding carboxylic acids is 2. The number of nitrogens with zero attached hydrogens (tertiary/aromatic N) is 3. The molecule has 2 amide bonds. The van der Waals surface area contributed by atoms with Crippen molar-refractivity contribution < 1.29 is 18.7 Å². The van der Waals surface area contributed by atoms with Gasteiger partial charge in [-0.25, -0.2) is 4.39 Å². The van der Waals surface area contributed by atoms with Crippen molar-refractivity contribution >= 4 is 11.8 Å². The van der Waals surface area contributed by atoms with Crippen LogP contribution in [-0.4, -0.2) is 72.4 Å². The van der Waals surface area contributed by atoms with Gasteiger partial charge < -0.3 is 14.5 Å². The topological polar surface area (TPSA) is 53.1 Å². The minimum atomic E-state index is -0.492. The highest BCUT2D eigenvalue weighted by molar-refractivity contribution is 5.85. The second-order valence-electron chi connectivity index (χ2n) is 7.80. The van der Waals surface area contributed by atoms with Crippen molar-refractivity contribution in [3.05, 3.63) is 66.0 Å². The molecule has 0 N–H and O–H groups in total. The van der Waals surface area contributed by atoms with Gasteiger partial charge in [-0.1, -0.05) is 42.5 Å². The largest absolute Gasteiger partial charge is 0.481 e. The third-order valence-corrected chi connectivity index (χ3v) is 5.70. The molecule has 2 aliphatic rings. The van der Waals surface area contributed by atoms with E-state index in [0.29, 0.717) is 26.2 Å². The summed E-state index contributed by atoms with van der Waals surface area (Å²) in [6, 6.07) is 16.3. The second-order valence-corrected chi connectivity index (χ2v) is 7.80. The Morgan fingerprint density at radius 2 is 1.57 bits per heavy atom. The molecule has 2 saturated heterocycles. The summed E-state index contributed by atoms with van der Waals surface area (Å²) in [6.07, 6.45) is 0. The van der Waals surface area contributed by atoms with Crippen molar-refractivity contribution in [1.82, 2.24) is 14.7 Å². The van der Waals surface area contributed by atoms with Crippen LogP contribution in [0.15, 0.2) is 54.6 Å². The molecule has 0 unspecified atom stereocenters. The maximum Gasteiger partial charge on any atom is 0.260 e. The van der Waals surface area contributed by atoms with Crippen molar-refractivity contribution in [2.24, 2.45) is 5.92 Å². The van der Waals surface area contributed by atoms with Crippen LogP contribution in [0.2, 0.25) is 0 Å². The third-order valence-electron chi connectivity index (χ3n) is 5.70. The number of likely N-dealkylation sites (tertiary alicyclic amines) is 1. The van der Waals surface area contributed by atoms with E-state index in [-0.39, 0.29) is 30.1 Å². The van der Waals surface area contributed by atoms with Crippen molar-refractivity contribution in [1.29, 1.82) is 0 Å². The highest BCUT2D eigenvalue weighted by atomic mass is 19.1. The number of rotatable bonds is 6. The molecular weight excluding hydrogens is 385 g/mol. The summed E-state index contributed by atoms with van der Waals surface area (Å²) in [5, 5.41) is 0. The molecule has 2 heterocycles. The summed E-state index contributed by atoms with van der Waals surface area (Å²) in [4.78, 5) is 30.8. The van der Waals surface area contributed by atoms with E-state index in [1.807, 2.05) is 23.1 Å². The molecule has 158 valence electrons. The Bertz CT molecular complexity index is 878. The van der Waals surface area contributed by atoms with Crippen LogP contribution in [0.25, 0.3) is 0 Å². The normalized spacial score (nSPS) is 17.5. The maximum absolute atomic E-state index is 13.6. The maximum atomic E-state index is 13.6. The fraction of sp³-hybridized carbons (Fsp3) is 0.391. The summed E-state index contributed by atoms with van der Waals surface area (Å²) in [6.45, 7) is 4.62. The molecule has 4 rings (SSSR count). The molecule has 2 aromatic rings. The molecule has 0 spiro atoms. The second kappa shape index (κ2) is 9.26. The van der Waals surface area contributed by atoms with Crippen LogP contribution in [0.3, 0.4) is 0 Å². The first-order chi connectivity index (χ1) is 14.6. The zero-order valence-corrected chi connectivity index (χ0v) is 16.9. The number of ether oxygens (including phenoxy) is 1. The van der Waals surface area contributed by atoms with Crippen LogP contribution >= 0.6 is 0 Å². The zero-order chi connectivity index (χ0) is 20.9. The molecule has 2 aromatic carbocycles. The van der Waals surface area contributed by atoms with Crippen molar-refractivity contribution in [3.8, 4) is 5.75 Å². The van der Waals surface area contributed by atoms with Crippen molar-refractivity contribution in [2.75, 3.05) is 45.9 Å². The van der Waals surface area contributed by atoms with Gasteiger partial charge in [-0.2, -0.15) is 0 Å². The van der Waals surface area contributed by atoms with E-state index in [0.717, 1.165) is 19.6 Å². The Morgan fingerprint density at radius 3 is 2.27 bits per heavy atom. The van der Waals surface area contributed by atoms with E-state index in [9.17, 15) is 14.0 Å². The van der Waals surface area contributed by atoms with Gasteiger partial charge in [0, 0.05) is 45.8 Å². The molecular formula is C23H26FN3O3. The van der Waals surface area contributed by atoms with Gasteiger partial charge in [-0.15, -0.1) is 0 Å². The third kappa shape index (κ3) is 4.79. The van der Waals surface area contributed by atoms with Crippen LogP contribution in [-0.2, 0) is 16.1 Å². The lowest BCUT2D eigenvalue weighted by atomic mass is 9.98. The Hall–Kier alpha value is -2.93. The molecule has 0 saturated carbocycles. The van der Waals surface area contributed by atoms with Crippen LogP contribution < -0.4 is 4.74 Å². The Kier molecular flexibility index (Phi) is 6.28. The predicted molar refractivity (Wildman–Crippen MR) is 110 cm³/mol. The lowest BCUT2D eigenvalue weighted by molar-refractivity contribution is -0.150. The first kappa shape index (κ1) is 20.3. The highest BCUT2D eigenvalue weighted by Crippen LogP contribution is 2.21. The Labute approximate surface area is 175 Å². The number of hydrogen-bond donors (Lipinski definition) is 0. The van der Waals surface area contributed by atoms with Gasteiger partial charge in [0.25, 0.3) is 5.91 Å². The molecule has 0 atom stereocenters. The number of hydrogen-bond acceptors (Lipinski definition) is 4. The fourth-order valence-electron chi connectivity index (χ4n) is 3.86. The molecule has 0 radical (unpaired) electrons. The lowest BCUT2D eigenvalue weighted by Crippen LogP contribution is -2.59. The number of para-hydroxylation sites is 1. The first-order valence-electron chi connectivity index (χ1n) is 10.3. The van der Waals surface area contributed by atoms with Gasteiger partial charge >= 0.3 is 0 Å². The molecule has 30 heavy (non-hydrogen) atoms. The molecule has 2 fully saturated rings. The van der Waals surface area contributed by atoms with Gasteiger partial charge in [-0.05, 0) is 17.7 Å². The zero-order valence-electron chi connectivity index (χ0n) is 16.9. The molecule has 7 heteroatoms. The predicted octanol–water partition coefficient (Wildman–Crippen LogP) is 2.01. The number of benzene rings is 2. The average Bonchev–Trinajstić information content (AvgIpc) is 2.73. The van der Waals surface area contributed by atoms with Crippen LogP contribution in [0.5, 0.6) is 5.75 Å². The summed E-state index contributed by atoms with van der Waals surface area (Å²) >= 11 is 0.